The summed E-state index contributed by atoms with van der Waals surface area (Å²) in [5, 5.41) is 0.322. The van der Waals surface area contributed by atoms with Gasteiger partial charge >= 0.3 is 0 Å². The van der Waals surface area contributed by atoms with Crippen molar-refractivity contribution in [1.29, 1.82) is 0 Å². The Kier molecular flexibility index (Phi) is 15.1. The Morgan fingerprint density at radius 3 is 1.53 bits per heavy atom. The van der Waals surface area contributed by atoms with Crippen LogP contribution in [0.4, 0.5) is 0 Å². The van der Waals surface area contributed by atoms with Gasteiger partial charge in [0, 0.05) is 10.6 Å². The van der Waals surface area contributed by atoms with E-state index in [-0.39, 0.29) is 16.6 Å². The van der Waals surface area contributed by atoms with Crippen molar-refractivity contribution in [2.45, 2.75) is 81.4 Å². The fourth-order valence-electron chi connectivity index (χ4n) is 7.43. The van der Waals surface area contributed by atoms with E-state index in [1.807, 2.05) is 90.6 Å². The predicted octanol–water partition coefficient (Wildman–Crippen LogP) is 12.2. The number of halogens is 1. The lowest BCUT2D eigenvalue weighted by molar-refractivity contribution is -0.160. The van der Waals surface area contributed by atoms with E-state index in [1.54, 1.807) is 7.11 Å². The van der Waals surface area contributed by atoms with E-state index in [2.05, 4.69) is 92.7 Å². The molecule has 300 valence electrons. The highest BCUT2D eigenvalue weighted by atomic mass is 35.5. The molecule has 6 aromatic rings. The molecule has 1 aliphatic heterocycles. The van der Waals surface area contributed by atoms with E-state index in [9.17, 15) is 0 Å². The largest absolute Gasteiger partial charge is 0.496 e. The minimum Gasteiger partial charge on any atom is -0.496 e. The van der Waals surface area contributed by atoms with Gasteiger partial charge in [-0.2, -0.15) is 0 Å². The monoisotopic (exact) mass is 812 g/mol. The Morgan fingerprint density at radius 2 is 1.03 bits per heavy atom. The number of rotatable bonds is 18. The first-order valence-electron chi connectivity index (χ1n) is 20.1. The lowest BCUT2D eigenvalue weighted by Crippen LogP contribution is -2.54. The van der Waals surface area contributed by atoms with E-state index in [1.165, 1.54) is 11.1 Å². The summed E-state index contributed by atoms with van der Waals surface area (Å²) in [6, 6.07) is 54.2. The molecule has 1 saturated heterocycles. The molecule has 1 fully saturated rings. The van der Waals surface area contributed by atoms with E-state index in [4.69, 9.17) is 35.3 Å². The summed E-state index contributed by atoms with van der Waals surface area (Å²) < 4.78 is 33.9. The molecule has 0 aliphatic carbocycles. The molecule has 5 atom stereocenters. The van der Waals surface area contributed by atoms with Gasteiger partial charge in [-0.3, -0.25) is 0 Å². The van der Waals surface area contributed by atoms with Crippen LogP contribution in [0.2, 0.25) is 5.02 Å². The topological polar surface area (TPSA) is 46.2 Å². The Bertz CT molecular complexity index is 2120. The zero-order valence-electron chi connectivity index (χ0n) is 33.5. The lowest BCUT2D eigenvalue weighted by atomic mass is 9.93. The maximum atomic E-state index is 7.11. The van der Waals surface area contributed by atoms with Crippen LogP contribution in [0.3, 0.4) is 0 Å². The zero-order valence-corrected chi connectivity index (χ0v) is 35.1. The van der Waals surface area contributed by atoms with Crippen molar-refractivity contribution < 1.29 is 23.7 Å². The summed E-state index contributed by atoms with van der Waals surface area (Å²) in [6.45, 7) is 6.58. The van der Waals surface area contributed by atoms with Crippen LogP contribution in [0, 0.1) is 0 Å². The Balaban J connectivity index is 1.29. The molecule has 0 spiro atoms. The lowest BCUT2D eigenvalue weighted by Gasteiger charge is -2.46. The molecule has 1 heterocycles. The normalized spacial score (nSPS) is 19.3. The fourth-order valence-corrected chi connectivity index (χ4v) is 9.31. The number of hydrogen-bond donors (Lipinski definition) is 0. The first-order valence-corrected chi connectivity index (χ1v) is 21.5. The molecule has 0 N–H and O–H groups in total. The molecule has 0 amide bonds. The van der Waals surface area contributed by atoms with E-state index >= 15 is 0 Å². The standard InChI is InChI=1S/C51H53ClO5S/c1-36(2)42-26-24-37(25-27-42)28-43-29-44(46(53-3)30-45(43)52)51-50(57-34-41-22-14-7-15-23-41)49(56-33-40-20-12-6-13-21-40)48(55-32-39-18-10-5-11-19-39)47(58-51)35-54-31-38-16-8-4-9-17-38/h4-27,29-30,36,47-51H,28,31-35H2,1-3H3/t47-,48-,49+,50-,51+/m1/s1. The smallest absolute Gasteiger partial charge is 0.124 e. The van der Waals surface area contributed by atoms with Crippen LogP contribution in [0.25, 0.3) is 0 Å². The maximum absolute atomic E-state index is 7.11. The SMILES string of the molecule is COc1cc(Cl)c(Cc2ccc(C(C)C)cc2)cc1[C@@H]1S[C@H](COCc2ccccc2)[C@@H](OCc2ccccc2)[C@H](OCc2ccccc2)[C@H]1OCc1ccccc1. The molecule has 1 aliphatic rings. The highest BCUT2D eigenvalue weighted by molar-refractivity contribution is 8.00. The second-order valence-corrected chi connectivity index (χ2v) is 16.9. The van der Waals surface area contributed by atoms with Gasteiger partial charge in [0.2, 0.25) is 0 Å². The molecular weight excluding hydrogens is 760 g/mol. The Hall–Kier alpha value is -4.40. The predicted molar refractivity (Wildman–Crippen MR) is 237 cm³/mol. The van der Waals surface area contributed by atoms with Gasteiger partial charge < -0.3 is 23.7 Å². The van der Waals surface area contributed by atoms with Gasteiger partial charge in [0.05, 0.1) is 50.6 Å². The van der Waals surface area contributed by atoms with Gasteiger partial charge in [0.25, 0.3) is 0 Å². The first kappa shape index (κ1) is 41.7. The molecule has 0 bridgehead atoms. The van der Waals surface area contributed by atoms with Gasteiger partial charge in [0.15, 0.2) is 0 Å². The number of thioether (sulfide) groups is 1. The Morgan fingerprint density at radius 1 is 0.552 bits per heavy atom. The minimum atomic E-state index is -0.475. The fraction of sp³-hybridized carbons (Fsp3) is 0.294. The molecule has 0 aromatic heterocycles. The average molecular weight is 814 g/mol. The van der Waals surface area contributed by atoms with Crippen molar-refractivity contribution >= 4 is 23.4 Å². The molecule has 6 aromatic carbocycles. The molecular formula is C51H53ClO5S. The third kappa shape index (κ3) is 11.2. The van der Waals surface area contributed by atoms with Gasteiger partial charge in [-0.1, -0.05) is 171 Å². The van der Waals surface area contributed by atoms with Gasteiger partial charge in [-0.25, -0.2) is 0 Å². The van der Waals surface area contributed by atoms with Gasteiger partial charge in [-0.05, 0) is 63.4 Å². The third-order valence-electron chi connectivity index (χ3n) is 10.6. The van der Waals surface area contributed by atoms with Crippen molar-refractivity contribution in [1.82, 2.24) is 0 Å². The molecule has 58 heavy (non-hydrogen) atoms. The van der Waals surface area contributed by atoms with E-state index in [0.29, 0.717) is 56.1 Å². The number of ether oxygens (including phenoxy) is 5. The van der Waals surface area contributed by atoms with Crippen LogP contribution in [0.15, 0.2) is 158 Å². The minimum absolute atomic E-state index is 0.123. The second kappa shape index (κ2) is 21.0. The average Bonchev–Trinajstić information content (AvgIpc) is 3.26. The second-order valence-electron chi connectivity index (χ2n) is 15.1. The Labute approximate surface area is 353 Å². The highest BCUT2D eigenvalue weighted by Crippen LogP contribution is 2.50. The summed E-state index contributed by atoms with van der Waals surface area (Å²) >= 11 is 8.88. The van der Waals surface area contributed by atoms with Gasteiger partial charge in [-0.15, -0.1) is 11.8 Å². The van der Waals surface area contributed by atoms with Crippen LogP contribution < -0.4 is 4.74 Å². The number of hydrogen-bond acceptors (Lipinski definition) is 6. The molecule has 0 unspecified atom stereocenters. The summed E-state index contributed by atoms with van der Waals surface area (Å²) in [4.78, 5) is 0. The van der Waals surface area contributed by atoms with Crippen LogP contribution in [-0.4, -0.2) is 37.3 Å². The molecule has 7 rings (SSSR count). The quantitative estimate of drug-likeness (QED) is 0.0861. The van der Waals surface area contributed by atoms with Crippen molar-refractivity contribution in [3.63, 3.8) is 0 Å². The zero-order chi connectivity index (χ0) is 40.1. The summed E-state index contributed by atoms with van der Waals surface area (Å²) in [6.07, 6.45) is -0.606. The van der Waals surface area contributed by atoms with Crippen molar-refractivity contribution in [2.75, 3.05) is 13.7 Å². The summed E-state index contributed by atoms with van der Waals surface area (Å²) in [5.74, 6) is 1.17. The summed E-state index contributed by atoms with van der Waals surface area (Å²) in [5.41, 5.74) is 8.91. The molecule has 0 radical (unpaired) electrons. The number of benzene rings is 6. The third-order valence-corrected chi connectivity index (χ3v) is 12.6. The molecule has 7 heteroatoms. The van der Waals surface area contributed by atoms with Crippen LogP contribution >= 0.6 is 23.4 Å². The molecule has 0 saturated carbocycles. The van der Waals surface area contributed by atoms with E-state index in [0.717, 1.165) is 33.4 Å². The van der Waals surface area contributed by atoms with Crippen molar-refractivity contribution in [3.8, 4) is 5.75 Å². The summed E-state index contributed by atoms with van der Waals surface area (Å²) in [7, 11) is 1.71. The maximum Gasteiger partial charge on any atom is 0.124 e. The first-order chi connectivity index (χ1) is 28.4. The number of methoxy groups -OCH3 is 1. The van der Waals surface area contributed by atoms with Crippen molar-refractivity contribution in [2.24, 2.45) is 0 Å². The van der Waals surface area contributed by atoms with E-state index < -0.39 is 12.2 Å². The van der Waals surface area contributed by atoms with Crippen LogP contribution in [0.5, 0.6) is 5.75 Å². The van der Waals surface area contributed by atoms with Crippen molar-refractivity contribution in [3.05, 3.63) is 207 Å². The highest BCUT2D eigenvalue weighted by Gasteiger charge is 2.49. The van der Waals surface area contributed by atoms with Gasteiger partial charge in [0.1, 0.15) is 24.1 Å². The van der Waals surface area contributed by atoms with Crippen LogP contribution in [0.1, 0.15) is 69.5 Å². The van der Waals surface area contributed by atoms with Crippen LogP contribution in [-0.2, 0) is 51.8 Å². The molecule has 5 nitrogen and oxygen atoms in total.